The van der Waals surface area contributed by atoms with E-state index in [1.165, 1.54) is 12.8 Å². The average molecular weight is 167 g/mol. The molecule has 4 heteroatoms. The van der Waals surface area contributed by atoms with Gasteiger partial charge in [-0.3, -0.25) is 0 Å². The van der Waals surface area contributed by atoms with Crippen LogP contribution in [0.3, 0.4) is 0 Å². The minimum Gasteiger partial charge on any atom is -0.337 e. The Hall–Kier alpha value is -0.900. The van der Waals surface area contributed by atoms with Crippen LogP contribution in [0.4, 0.5) is 0 Å². The molecule has 0 saturated heterocycles. The van der Waals surface area contributed by atoms with Crippen LogP contribution in [0.15, 0.2) is 4.52 Å². The number of nitrogens with zero attached hydrogens (tertiary/aromatic N) is 2. The van der Waals surface area contributed by atoms with Crippen LogP contribution < -0.4 is 5.73 Å². The summed E-state index contributed by atoms with van der Waals surface area (Å²) in [7, 11) is 0. The van der Waals surface area contributed by atoms with Crippen molar-refractivity contribution in [3.05, 3.63) is 11.7 Å². The van der Waals surface area contributed by atoms with Gasteiger partial charge in [-0.2, -0.15) is 4.98 Å². The Balaban J connectivity index is 2.23. The van der Waals surface area contributed by atoms with Gasteiger partial charge >= 0.3 is 0 Å². The molecule has 4 nitrogen and oxygen atoms in total. The maximum absolute atomic E-state index is 5.79. The van der Waals surface area contributed by atoms with Crippen molar-refractivity contribution >= 4 is 0 Å². The molecule has 1 aromatic heterocycles. The molecule has 0 atom stereocenters. The van der Waals surface area contributed by atoms with Gasteiger partial charge in [-0.05, 0) is 26.7 Å². The van der Waals surface area contributed by atoms with Gasteiger partial charge in [-0.25, -0.2) is 0 Å². The van der Waals surface area contributed by atoms with Crippen LogP contribution in [0.1, 0.15) is 44.3 Å². The lowest BCUT2D eigenvalue weighted by Crippen LogP contribution is -2.29. The summed E-state index contributed by atoms with van der Waals surface area (Å²) < 4.78 is 5.04. The van der Waals surface area contributed by atoms with E-state index in [9.17, 15) is 0 Å². The predicted octanol–water partition coefficient (Wildman–Crippen LogP) is 1.14. The van der Waals surface area contributed by atoms with E-state index in [1.54, 1.807) is 0 Å². The third kappa shape index (κ3) is 1.34. The molecule has 1 aliphatic carbocycles. The second-order valence-corrected chi connectivity index (χ2v) is 3.95. The fourth-order valence-electron chi connectivity index (χ4n) is 1.00. The maximum atomic E-state index is 5.79. The van der Waals surface area contributed by atoms with Crippen LogP contribution >= 0.6 is 0 Å². The van der Waals surface area contributed by atoms with Gasteiger partial charge in [0.15, 0.2) is 5.82 Å². The highest BCUT2D eigenvalue weighted by Crippen LogP contribution is 2.38. The summed E-state index contributed by atoms with van der Waals surface area (Å²) >= 11 is 0. The van der Waals surface area contributed by atoms with Crippen molar-refractivity contribution in [1.82, 2.24) is 10.1 Å². The van der Waals surface area contributed by atoms with Gasteiger partial charge in [0.25, 0.3) is 0 Å². The van der Waals surface area contributed by atoms with E-state index in [2.05, 4.69) is 10.1 Å². The molecule has 1 aromatic rings. The normalized spacial score (nSPS) is 18.2. The Morgan fingerprint density at radius 2 is 2.17 bits per heavy atom. The predicted molar refractivity (Wildman–Crippen MR) is 43.5 cm³/mol. The van der Waals surface area contributed by atoms with E-state index >= 15 is 0 Å². The number of aromatic nitrogens is 2. The Morgan fingerprint density at radius 1 is 1.50 bits per heavy atom. The Kier molecular flexibility index (Phi) is 1.48. The van der Waals surface area contributed by atoms with E-state index in [4.69, 9.17) is 10.3 Å². The molecule has 1 aliphatic rings. The zero-order valence-corrected chi connectivity index (χ0v) is 7.37. The van der Waals surface area contributed by atoms with Crippen LogP contribution in [0, 0.1) is 0 Å². The number of rotatable bonds is 2. The molecule has 0 aliphatic heterocycles. The van der Waals surface area contributed by atoms with Crippen molar-refractivity contribution in [3.63, 3.8) is 0 Å². The lowest BCUT2D eigenvalue weighted by atomic mass is 10.1. The Labute approximate surface area is 71.1 Å². The van der Waals surface area contributed by atoms with Crippen molar-refractivity contribution in [2.45, 2.75) is 38.1 Å². The van der Waals surface area contributed by atoms with Gasteiger partial charge in [0.1, 0.15) is 0 Å². The molecule has 0 amide bonds. The topological polar surface area (TPSA) is 64.9 Å². The molecule has 0 bridgehead atoms. The second-order valence-electron chi connectivity index (χ2n) is 3.95. The van der Waals surface area contributed by atoms with Crippen LogP contribution in [0.25, 0.3) is 0 Å². The molecular weight excluding hydrogens is 154 g/mol. The number of hydrogen-bond donors (Lipinski definition) is 1. The van der Waals surface area contributed by atoms with E-state index in [0.717, 1.165) is 5.82 Å². The Bertz CT molecular complexity index is 283. The van der Waals surface area contributed by atoms with Crippen LogP contribution in [-0.4, -0.2) is 10.1 Å². The molecule has 0 unspecified atom stereocenters. The molecule has 1 saturated carbocycles. The molecule has 66 valence electrons. The van der Waals surface area contributed by atoms with Crippen LogP contribution in [0.5, 0.6) is 0 Å². The fourth-order valence-corrected chi connectivity index (χ4v) is 1.00. The first-order valence-electron chi connectivity index (χ1n) is 4.20. The van der Waals surface area contributed by atoms with E-state index in [1.807, 2.05) is 13.8 Å². The highest BCUT2D eigenvalue weighted by molar-refractivity contribution is 5.06. The van der Waals surface area contributed by atoms with E-state index < -0.39 is 5.54 Å². The van der Waals surface area contributed by atoms with Crippen molar-refractivity contribution in [1.29, 1.82) is 0 Å². The molecule has 2 N–H and O–H groups in total. The SMILES string of the molecule is CC(C)(N)c1nc(C2CC2)no1. The van der Waals surface area contributed by atoms with Crippen LogP contribution in [-0.2, 0) is 5.54 Å². The van der Waals surface area contributed by atoms with Gasteiger partial charge < -0.3 is 10.3 Å². The largest absolute Gasteiger partial charge is 0.337 e. The van der Waals surface area contributed by atoms with Crippen molar-refractivity contribution < 1.29 is 4.52 Å². The Morgan fingerprint density at radius 3 is 2.58 bits per heavy atom. The molecule has 1 fully saturated rings. The molecule has 12 heavy (non-hydrogen) atoms. The summed E-state index contributed by atoms with van der Waals surface area (Å²) in [6.45, 7) is 3.72. The van der Waals surface area contributed by atoms with Gasteiger partial charge in [0.05, 0.1) is 5.54 Å². The first kappa shape index (κ1) is 7.73. The summed E-state index contributed by atoms with van der Waals surface area (Å²) in [6.07, 6.45) is 2.37. The highest BCUT2D eigenvalue weighted by Gasteiger charge is 2.31. The van der Waals surface area contributed by atoms with Crippen molar-refractivity contribution in [2.75, 3.05) is 0 Å². The van der Waals surface area contributed by atoms with Crippen molar-refractivity contribution in [3.8, 4) is 0 Å². The molecule has 1 heterocycles. The monoisotopic (exact) mass is 167 g/mol. The second kappa shape index (κ2) is 2.29. The summed E-state index contributed by atoms with van der Waals surface area (Å²) in [4.78, 5) is 4.24. The summed E-state index contributed by atoms with van der Waals surface area (Å²) in [5.74, 6) is 1.89. The van der Waals surface area contributed by atoms with E-state index in [0.29, 0.717) is 11.8 Å². The molecule has 2 rings (SSSR count). The zero-order valence-electron chi connectivity index (χ0n) is 7.37. The quantitative estimate of drug-likeness (QED) is 0.717. The standard InChI is InChI=1S/C8H13N3O/c1-8(2,9)7-10-6(11-12-7)5-3-4-5/h5H,3-4,9H2,1-2H3. The zero-order chi connectivity index (χ0) is 8.77. The summed E-state index contributed by atoms with van der Waals surface area (Å²) in [5, 5.41) is 3.88. The number of hydrogen-bond acceptors (Lipinski definition) is 4. The minimum absolute atomic E-state index is 0.514. The van der Waals surface area contributed by atoms with Gasteiger partial charge in [-0.1, -0.05) is 5.16 Å². The molecular formula is C8H13N3O. The fraction of sp³-hybridized carbons (Fsp3) is 0.750. The summed E-state index contributed by atoms with van der Waals surface area (Å²) in [5.41, 5.74) is 5.28. The van der Waals surface area contributed by atoms with E-state index in [-0.39, 0.29) is 0 Å². The summed E-state index contributed by atoms with van der Waals surface area (Å²) in [6, 6.07) is 0. The third-order valence-electron chi connectivity index (χ3n) is 1.94. The first-order chi connectivity index (χ1) is 5.57. The van der Waals surface area contributed by atoms with Gasteiger partial charge in [0, 0.05) is 5.92 Å². The smallest absolute Gasteiger partial charge is 0.246 e. The molecule has 0 radical (unpaired) electrons. The molecule has 0 spiro atoms. The number of nitrogens with two attached hydrogens (primary N) is 1. The molecule has 0 aromatic carbocycles. The van der Waals surface area contributed by atoms with Gasteiger partial charge in [0.2, 0.25) is 5.89 Å². The first-order valence-corrected chi connectivity index (χ1v) is 4.20. The third-order valence-corrected chi connectivity index (χ3v) is 1.94. The van der Waals surface area contributed by atoms with Crippen molar-refractivity contribution in [2.24, 2.45) is 5.73 Å². The van der Waals surface area contributed by atoms with Crippen LogP contribution in [0.2, 0.25) is 0 Å². The highest BCUT2D eigenvalue weighted by atomic mass is 16.5. The van der Waals surface area contributed by atoms with Gasteiger partial charge in [-0.15, -0.1) is 0 Å². The lowest BCUT2D eigenvalue weighted by Gasteiger charge is -2.10. The minimum atomic E-state index is -0.514. The lowest BCUT2D eigenvalue weighted by molar-refractivity contribution is 0.310. The maximum Gasteiger partial charge on any atom is 0.246 e. The average Bonchev–Trinajstić information content (AvgIpc) is 2.66.